The third kappa shape index (κ3) is 5.92. The van der Waals surface area contributed by atoms with Gasteiger partial charge in [0.25, 0.3) is 0 Å². The van der Waals surface area contributed by atoms with E-state index >= 15 is 0 Å². The van der Waals surface area contributed by atoms with Gasteiger partial charge in [-0.25, -0.2) is 4.39 Å². The van der Waals surface area contributed by atoms with Crippen LogP contribution in [0.15, 0.2) is 18.2 Å². The van der Waals surface area contributed by atoms with Gasteiger partial charge in [0.15, 0.2) is 5.78 Å². The fraction of sp³-hybridized carbons (Fsp3) is 0.556. The molecule has 1 amide bonds. The second-order valence-corrected chi connectivity index (χ2v) is 7.68. The lowest BCUT2D eigenvalue weighted by molar-refractivity contribution is -0.126. The smallest absolute Gasteiger partial charge is 0.426 e. The standard InChI is InChI=1S/C18H25BClFN2O4/c1-11(2)9-17(19(26)27)22-18(25)6-5-16(24)15-7-8-23(15)14-4-3-12(21)10-13(14)20/h3-4,10-11,15,17,26-27H,5-9H2,1-2H3,(H,22,25)/t15-,17-/m0/s1. The van der Waals surface area contributed by atoms with Gasteiger partial charge in [0.1, 0.15) is 5.82 Å². The van der Waals surface area contributed by atoms with E-state index in [0.717, 1.165) is 0 Å². The largest absolute Gasteiger partial charge is 0.475 e. The van der Waals surface area contributed by atoms with E-state index in [2.05, 4.69) is 5.32 Å². The van der Waals surface area contributed by atoms with Crippen LogP contribution in [-0.2, 0) is 9.59 Å². The third-order valence-electron chi connectivity index (χ3n) is 4.64. The number of rotatable bonds is 9. The number of halogens is 2. The minimum atomic E-state index is -1.64. The van der Waals surface area contributed by atoms with Crippen molar-refractivity contribution in [3.05, 3.63) is 29.0 Å². The normalized spacial score (nSPS) is 17.4. The molecule has 1 heterocycles. The van der Waals surface area contributed by atoms with Crippen LogP contribution < -0.4 is 10.2 Å². The SMILES string of the molecule is CC(C)C[C@H](NC(=O)CCC(=O)[C@@H]1CCN1c1ccc(F)cc1Cl)B(O)O. The Kier molecular flexibility index (Phi) is 7.64. The summed E-state index contributed by atoms with van der Waals surface area (Å²) in [7, 11) is -1.64. The van der Waals surface area contributed by atoms with Crippen LogP contribution in [0.3, 0.4) is 0 Å². The summed E-state index contributed by atoms with van der Waals surface area (Å²) in [5, 5.41) is 21.5. The summed E-state index contributed by atoms with van der Waals surface area (Å²) in [6.45, 7) is 4.47. The zero-order chi connectivity index (χ0) is 20.1. The summed E-state index contributed by atoms with van der Waals surface area (Å²) in [6.07, 6.45) is 1.10. The average molecular weight is 399 g/mol. The van der Waals surface area contributed by atoms with Crippen LogP contribution in [-0.4, -0.2) is 47.4 Å². The van der Waals surface area contributed by atoms with E-state index in [-0.39, 0.29) is 35.6 Å². The number of nitrogens with one attached hydrogen (secondary N) is 1. The fourth-order valence-corrected chi connectivity index (χ4v) is 3.45. The molecule has 1 aromatic carbocycles. The number of anilines is 1. The molecule has 0 radical (unpaired) electrons. The van der Waals surface area contributed by atoms with Crippen molar-refractivity contribution in [1.29, 1.82) is 0 Å². The van der Waals surface area contributed by atoms with Crippen LogP contribution in [0.5, 0.6) is 0 Å². The van der Waals surface area contributed by atoms with Crippen molar-refractivity contribution < 1.29 is 24.0 Å². The number of benzene rings is 1. The molecule has 2 atom stereocenters. The molecule has 0 aromatic heterocycles. The summed E-state index contributed by atoms with van der Waals surface area (Å²) in [6, 6.07) is 3.67. The molecule has 2 rings (SSSR count). The second kappa shape index (κ2) is 9.53. The van der Waals surface area contributed by atoms with Crippen molar-refractivity contribution in [3.8, 4) is 0 Å². The highest BCUT2D eigenvalue weighted by Gasteiger charge is 2.35. The molecule has 1 aliphatic rings. The van der Waals surface area contributed by atoms with Crippen LogP contribution in [0, 0.1) is 11.7 Å². The van der Waals surface area contributed by atoms with Gasteiger partial charge in [0.2, 0.25) is 5.91 Å². The topological polar surface area (TPSA) is 89.9 Å². The Morgan fingerprint density at radius 1 is 1.37 bits per heavy atom. The molecule has 0 unspecified atom stereocenters. The van der Waals surface area contributed by atoms with E-state index in [1.807, 2.05) is 13.8 Å². The Balaban J connectivity index is 1.87. The number of hydrogen-bond donors (Lipinski definition) is 3. The number of carbonyl (C=O) groups is 2. The predicted octanol–water partition coefficient (Wildman–Crippen LogP) is 1.95. The Labute approximate surface area is 163 Å². The summed E-state index contributed by atoms with van der Waals surface area (Å²) >= 11 is 6.06. The lowest BCUT2D eigenvalue weighted by Crippen LogP contribution is -2.53. The summed E-state index contributed by atoms with van der Waals surface area (Å²) in [5.74, 6) is -1.51. The molecular weight excluding hydrogens is 373 g/mol. The second-order valence-electron chi connectivity index (χ2n) is 7.28. The molecule has 0 aliphatic carbocycles. The van der Waals surface area contributed by atoms with Gasteiger partial charge in [0, 0.05) is 19.4 Å². The number of nitrogens with zero attached hydrogens (tertiary/aromatic N) is 1. The molecule has 1 saturated heterocycles. The Morgan fingerprint density at radius 3 is 2.59 bits per heavy atom. The Bertz CT molecular complexity index is 689. The third-order valence-corrected chi connectivity index (χ3v) is 4.94. The lowest BCUT2D eigenvalue weighted by Gasteiger charge is -2.42. The van der Waals surface area contributed by atoms with E-state index in [0.29, 0.717) is 25.1 Å². The summed E-state index contributed by atoms with van der Waals surface area (Å²) in [4.78, 5) is 26.3. The molecule has 9 heteroatoms. The summed E-state index contributed by atoms with van der Waals surface area (Å²) in [5.41, 5.74) is 0.604. The summed E-state index contributed by atoms with van der Waals surface area (Å²) < 4.78 is 13.2. The van der Waals surface area contributed by atoms with E-state index in [1.165, 1.54) is 12.1 Å². The molecule has 3 N–H and O–H groups in total. The number of Topliss-reactive ketones (excluding diaryl/α,β-unsaturated/α-hetero) is 1. The molecule has 0 bridgehead atoms. The number of carbonyl (C=O) groups excluding carboxylic acids is 2. The first-order chi connectivity index (χ1) is 12.7. The highest BCUT2D eigenvalue weighted by Crippen LogP contribution is 2.34. The molecular formula is C18H25BClFN2O4. The highest BCUT2D eigenvalue weighted by molar-refractivity contribution is 6.43. The zero-order valence-corrected chi connectivity index (χ0v) is 16.2. The average Bonchev–Trinajstić information content (AvgIpc) is 2.53. The van der Waals surface area contributed by atoms with Crippen LogP contribution in [0.2, 0.25) is 5.02 Å². The highest BCUT2D eigenvalue weighted by atomic mass is 35.5. The first kappa shape index (κ1) is 21.7. The van der Waals surface area contributed by atoms with Gasteiger partial charge in [-0.15, -0.1) is 0 Å². The van der Waals surface area contributed by atoms with Gasteiger partial charge in [-0.2, -0.15) is 0 Å². The molecule has 0 saturated carbocycles. The van der Waals surface area contributed by atoms with E-state index in [9.17, 15) is 24.0 Å². The van der Waals surface area contributed by atoms with Crippen LogP contribution in [0.4, 0.5) is 10.1 Å². The maximum absolute atomic E-state index is 13.2. The molecule has 1 aliphatic heterocycles. The van der Waals surface area contributed by atoms with Crippen molar-refractivity contribution >= 4 is 36.1 Å². The molecule has 6 nitrogen and oxygen atoms in total. The monoisotopic (exact) mass is 398 g/mol. The van der Waals surface area contributed by atoms with Crippen LogP contribution in [0.25, 0.3) is 0 Å². The van der Waals surface area contributed by atoms with Crippen molar-refractivity contribution in [2.24, 2.45) is 5.92 Å². The Morgan fingerprint density at radius 2 is 2.07 bits per heavy atom. The van der Waals surface area contributed by atoms with E-state index < -0.39 is 24.8 Å². The van der Waals surface area contributed by atoms with Gasteiger partial charge in [-0.3, -0.25) is 9.59 Å². The maximum Gasteiger partial charge on any atom is 0.475 e. The molecule has 27 heavy (non-hydrogen) atoms. The number of hydrogen-bond acceptors (Lipinski definition) is 5. The van der Waals surface area contributed by atoms with E-state index in [4.69, 9.17) is 11.6 Å². The Hall–Kier alpha value is -1.64. The molecule has 0 spiro atoms. The number of amides is 1. The first-order valence-corrected chi connectivity index (χ1v) is 9.46. The molecule has 1 aromatic rings. The minimum Gasteiger partial charge on any atom is -0.426 e. The van der Waals surface area contributed by atoms with Gasteiger partial charge in [-0.05, 0) is 37.0 Å². The van der Waals surface area contributed by atoms with E-state index in [1.54, 1.807) is 11.0 Å². The van der Waals surface area contributed by atoms with Crippen molar-refractivity contribution in [1.82, 2.24) is 5.32 Å². The fourth-order valence-electron chi connectivity index (χ4n) is 3.17. The molecule has 1 fully saturated rings. The van der Waals surface area contributed by atoms with Gasteiger partial charge >= 0.3 is 7.12 Å². The first-order valence-electron chi connectivity index (χ1n) is 9.09. The van der Waals surface area contributed by atoms with Crippen molar-refractivity contribution in [2.75, 3.05) is 11.4 Å². The van der Waals surface area contributed by atoms with Crippen molar-refractivity contribution in [3.63, 3.8) is 0 Å². The maximum atomic E-state index is 13.2. The predicted molar refractivity (Wildman–Crippen MR) is 103 cm³/mol. The quantitative estimate of drug-likeness (QED) is 0.553. The van der Waals surface area contributed by atoms with Gasteiger partial charge in [0.05, 0.1) is 22.7 Å². The van der Waals surface area contributed by atoms with Crippen LogP contribution in [0.1, 0.15) is 39.5 Å². The number of ketones is 1. The van der Waals surface area contributed by atoms with Gasteiger partial charge in [-0.1, -0.05) is 25.4 Å². The lowest BCUT2D eigenvalue weighted by atomic mass is 9.75. The minimum absolute atomic E-state index is 0.0262. The molecule has 148 valence electrons. The van der Waals surface area contributed by atoms with Gasteiger partial charge < -0.3 is 20.3 Å². The van der Waals surface area contributed by atoms with Crippen molar-refractivity contribution in [2.45, 2.75) is 51.5 Å². The zero-order valence-electron chi connectivity index (χ0n) is 15.5. The van der Waals surface area contributed by atoms with Crippen LogP contribution >= 0.6 is 11.6 Å².